The van der Waals surface area contributed by atoms with Gasteiger partial charge in [-0.25, -0.2) is 0 Å². The van der Waals surface area contributed by atoms with Crippen LogP contribution in [-0.2, 0) is 9.47 Å². The van der Waals surface area contributed by atoms with Crippen molar-refractivity contribution in [3.05, 3.63) is 66.2 Å². The first-order valence-corrected chi connectivity index (χ1v) is 7.01. The molecular formula is C17H19NO2. The van der Waals surface area contributed by atoms with Crippen LogP contribution in [0.15, 0.2) is 60.7 Å². The van der Waals surface area contributed by atoms with Gasteiger partial charge in [0.25, 0.3) is 0 Å². The molecule has 3 nitrogen and oxygen atoms in total. The lowest BCUT2D eigenvalue weighted by Crippen LogP contribution is -2.34. The van der Waals surface area contributed by atoms with Crippen LogP contribution in [0.4, 0.5) is 5.69 Å². The van der Waals surface area contributed by atoms with Crippen molar-refractivity contribution < 1.29 is 9.47 Å². The standard InChI is InChI=1S/C17H19NO2/c1-3-7-15(8-4-1)17-19-13-11-18(12-14-20-17)16-9-5-2-6-10-16/h1-10,17H,11-14H2. The summed E-state index contributed by atoms with van der Waals surface area (Å²) in [5.41, 5.74) is 2.30. The van der Waals surface area contributed by atoms with Gasteiger partial charge in [-0.3, -0.25) is 0 Å². The van der Waals surface area contributed by atoms with Gasteiger partial charge in [0.1, 0.15) is 0 Å². The number of hydrogen-bond donors (Lipinski definition) is 0. The largest absolute Gasteiger partial charge is 0.367 e. The number of anilines is 1. The third-order valence-electron chi connectivity index (χ3n) is 3.45. The predicted octanol–water partition coefficient (Wildman–Crippen LogP) is 3.24. The van der Waals surface area contributed by atoms with Crippen LogP contribution in [0.5, 0.6) is 0 Å². The van der Waals surface area contributed by atoms with Gasteiger partial charge in [0.05, 0.1) is 13.2 Å². The molecule has 2 aromatic rings. The van der Waals surface area contributed by atoms with Crippen LogP contribution in [0.3, 0.4) is 0 Å². The van der Waals surface area contributed by atoms with Gasteiger partial charge in [0.15, 0.2) is 6.29 Å². The number of benzene rings is 2. The van der Waals surface area contributed by atoms with E-state index < -0.39 is 0 Å². The molecule has 1 saturated heterocycles. The highest BCUT2D eigenvalue weighted by Crippen LogP contribution is 2.21. The van der Waals surface area contributed by atoms with E-state index in [0.29, 0.717) is 13.2 Å². The summed E-state index contributed by atoms with van der Waals surface area (Å²) in [7, 11) is 0. The van der Waals surface area contributed by atoms with E-state index in [4.69, 9.17) is 9.47 Å². The Balaban J connectivity index is 1.62. The second-order valence-corrected chi connectivity index (χ2v) is 4.81. The molecule has 0 atom stereocenters. The molecule has 0 aromatic heterocycles. The van der Waals surface area contributed by atoms with Crippen LogP contribution in [0.2, 0.25) is 0 Å². The summed E-state index contributed by atoms with van der Waals surface area (Å²) >= 11 is 0. The number of ether oxygens (including phenoxy) is 2. The minimum atomic E-state index is -0.242. The molecule has 1 aliphatic rings. The number of para-hydroxylation sites is 1. The van der Waals surface area contributed by atoms with Crippen molar-refractivity contribution in [2.75, 3.05) is 31.2 Å². The normalized spacial score (nSPS) is 17.5. The van der Waals surface area contributed by atoms with Crippen LogP contribution in [0.25, 0.3) is 0 Å². The van der Waals surface area contributed by atoms with E-state index in [2.05, 4.69) is 29.2 Å². The van der Waals surface area contributed by atoms with E-state index in [1.54, 1.807) is 0 Å². The van der Waals surface area contributed by atoms with Crippen LogP contribution >= 0.6 is 0 Å². The molecule has 0 saturated carbocycles. The van der Waals surface area contributed by atoms with Gasteiger partial charge in [-0.15, -0.1) is 0 Å². The number of nitrogens with zero attached hydrogens (tertiary/aromatic N) is 1. The summed E-state index contributed by atoms with van der Waals surface area (Å²) in [5.74, 6) is 0. The Bertz CT molecular complexity index is 458. The molecular weight excluding hydrogens is 250 g/mol. The SMILES string of the molecule is c1ccc(C2OCCN(c3ccccc3)CCO2)cc1. The van der Waals surface area contributed by atoms with E-state index in [1.807, 2.05) is 36.4 Å². The van der Waals surface area contributed by atoms with Gasteiger partial charge in [-0.1, -0.05) is 48.5 Å². The highest BCUT2D eigenvalue weighted by molar-refractivity contribution is 5.45. The summed E-state index contributed by atoms with van der Waals surface area (Å²) in [6.45, 7) is 3.09. The lowest BCUT2D eigenvalue weighted by Gasteiger charge is -2.30. The first-order valence-electron chi connectivity index (χ1n) is 7.01. The molecule has 0 aliphatic carbocycles. The third-order valence-corrected chi connectivity index (χ3v) is 3.45. The van der Waals surface area contributed by atoms with Gasteiger partial charge in [0, 0.05) is 24.3 Å². The Morgan fingerprint density at radius 2 is 1.30 bits per heavy atom. The average molecular weight is 269 g/mol. The summed E-state index contributed by atoms with van der Waals surface area (Å²) in [4.78, 5) is 2.29. The fourth-order valence-corrected chi connectivity index (χ4v) is 2.40. The van der Waals surface area contributed by atoms with E-state index in [-0.39, 0.29) is 6.29 Å². The van der Waals surface area contributed by atoms with Gasteiger partial charge in [-0.05, 0) is 12.1 Å². The molecule has 3 rings (SSSR count). The fourth-order valence-electron chi connectivity index (χ4n) is 2.40. The first-order chi connectivity index (χ1) is 9.93. The van der Waals surface area contributed by atoms with E-state index in [9.17, 15) is 0 Å². The molecule has 1 fully saturated rings. The lowest BCUT2D eigenvalue weighted by molar-refractivity contribution is -0.149. The van der Waals surface area contributed by atoms with Crippen molar-refractivity contribution in [3.63, 3.8) is 0 Å². The minimum Gasteiger partial charge on any atom is -0.367 e. The van der Waals surface area contributed by atoms with E-state index >= 15 is 0 Å². The topological polar surface area (TPSA) is 21.7 Å². The highest BCUT2D eigenvalue weighted by atomic mass is 16.7. The van der Waals surface area contributed by atoms with Crippen LogP contribution in [0, 0.1) is 0 Å². The second-order valence-electron chi connectivity index (χ2n) is 4.81. The Hall–Kier alpha value is -1.84. The van der Waals surface area contributed by atoms with Crippen molar-refractivity contribution in [1.82, 2.24) is 0 Å². The average Bonchev–Trinajstić information content (AvgIpc) is 2.49. The number of hydrogen-bond acceptors (Lipinski definition) is 3. The van der Waals surface area contributed by atoms with Crippen molar-refractivity contribution in [3.8, 4) is 0 Å². The van der Waals surface area contributed by atoms with Crippen LogP contribution < -0.4 is 4.90 Å². The molecule has 2 aromatic carbocycles. The molecule has 104 valence electrons. The Kier molecular flexibility index (Phi) is 4.31. The quantitative estimate of drug-likeness (QED) is 0.835. The monoisotopic (exact) mass is 269 g/mol. The molecule has 1 heterocycles. The molecule has 0 amide bonds. The Morgan fingerprint density at radius 3 is 1.90 bits per heavy atom. The minimum absolute atomic E-state index is 0.242. The second kappa shape index (κ2) is 6.55. The summed E-state index contributed by atoms with van der Waals surface area (Å²) in [5, 5.41) is 0. The maximum atomic E-state index is 5.86. The highest BCUT2D eigenvalue weighted by Gasteiger charge is 2.17. The van der Waals surface area contributed by atoms with Crippen LogP contribution in [0.1, 0.15) is 11.9 Å². The van der Waals surface area contributed by atoms with Crippen molar-refractivity contribution in [2.45, 2.75) is 6.29 Å². The zero-order valence-corrected chi connectivity index (χ0v) is 11.4. The van der Waals surface area contributed by atoms with Crippen molar-refractivity contribution in [1.29, 1.82) is 0 Å². The van der Waals surface area contributed by atoms with Gasteiger partial charge < -0.3 is 14.4 Å². The lowest BCUT2D eigenvalue weighted by atomic mass is 10.2. The van der Waals surface area contributed by atoms with E-state index in [0.717, 1.165) is 18.7 Å². The molecule has 0 N–H and O–H groups in total. The zero-order chi connectivity index (χ0) is 13.6. The summed E-state index contributed by atoms with van der Waals surface area (Å²) < 4.78 is 11.7. The first kappa shape index (κ1) is 13.2. The fraction of sp³-hybridized carbons (Fsp3) is 0.294. The predicted molar refractivity (Wildman–Crippen MR) is 79.7 cm³/mol. The maximum absolute atomic E-state index is 5.86. The Labute approximate surface area is 119 Å². The molecule has 0 spiro atoms. The third kappa shape index (κ3) is 3.18. The van der Waals surface area contributed by atoms with Gasteiger partial charge >= 0.3 is 0 Å². The molecule has 3 heteroatoms. The maximum Gasteiger partial charge on any atom is 0.183 e. The van der Waals surface area contributed by atoms with Gasteiger partial charge in [-0.2, -0.15) is 0 Å². The number of rotatable bonds is 2. The molecule has 0 unspecified atom stereocenters. The smallest absolute Gasteiger partial charge is 0.183 e. The summed E-state index contributed by atoms with van der Waals surface area (Å²) in [6.07, 6.45) is -0.242. The molecule has 0 bridgehead atoms. The van der Waals surface area contributed by atoms with Gasteiger partial charge in [0.2, 0.25) is 0 Å². The van der Waals surface area contributed by atoms with E-state index in [1.165, 1.54) is 5.69 Å². The molecule has 0 radical (unpaired) electrons. The molecule has 20 heavy (non-hydrogen) atoms. The Morgan fingerprint density at radius 1 is 0.750 bits per heavy atom. The summed E-state index contributed by atoms with van der Waals surface area (Å²) in [6, 6.07) is 20.5. The van der Waals surface area contributed by atoms with Crippen LogP contribution in [-0.4, -0.2) is 26.3 Å². The van der Waals surface area contributed by atoms with Crippen molar-refractivity contribution in [2.24, 2.45) is 0 Å². The molecule has 1 aliphatic heterocycles. The zero-order valence-electron chi connectivity index (χ0n) is 11.4. The van der Waals surface area contributed by atoms with Crippen molar-refractivity contribution >= 4 is 5.69 Å².